The number of aromatic nitrogens is 2. The summed E-state index contributed by atoms with van der Waals surface area (Å²) in [4.78, 5) is 36.0. The summed E-state index contributed by atoms with van der Waals surface area (Å²) in [6.07, 6.45) is 2.46. The molecule has 2 aliphatic rings. The Morgan fingerprint density at radius 1 is 1.14 bits per heavy atom. The van der Waals surface area contributed by atoms with Crippen LogP contribution in [0.2, 0.25) is 0 Å². The number of H-pyrrole nitrogens is 1. The van der Waals surface area contributed by atoms with Crippen LogP contribution in [0.25, 0.3) is 11.0 Å². The van der Waals surface area contributed by atoms with Crippen molar-refractivity contribution in [3.8, 4) is 0 Å². The molecular weight excluding hydrogens is 356 g/mol. The molecular formula is C21H18N4O3. The predicted octanol–water partition coefficient (Wildman–Crippen LogP) is 3.70. The third-order valence-corrected chi connectivity index (χ3v) is 5.17. The van der Waals surface area contributed by atoms with Gasteiger partial charge in [-0.1, -0.05) is 30.3 Å². The molecule has 3 aromatic rings. The van der Waals surface area contributed by atoms with Crippen LogP contribution < -0.4 is 5.32 Å². The van der Waals surface area contributed by atoms with Crippen molar-refractivity contribution in [1.82, 2.24) is 9.97 Å². The third-order valence-electron chi connectivity index (χ3n) is 5.17. The second-order valence-electron chi connectivity index (χ2n) is 7.03. The minimum Gasteiger partial charge on any atom is -0.446 e. The molecule has 1 fully saturated rings. The SMILES string of the molecule is O=C(Nc1nc2ccc(C3=NCC(=O)c4ccccc43)cc2[nH]1)OC1CCC1. The highest BCUT2D eigenvalue weighted by Gasteiger charge is 2.23. The zero-order chi connectivity index (χ0) is 19.1. The van der Waals surface area contributed by atoms with Crippen LogP contribution in [0, 0.1) is 0 Å². The van der Waals surface area contributed by atoms with Gasteiger partial charge >= 0.3 is 6.09 Å². The molecule has 0 bridgehead atoms. The number of fused-ring (bicyclic) bond motifs is 2. The highest BCUT2D eigenvalue weighted by atomic mass is 16.6. The fraction of sp³-hybridized carbons (Fsp3) is 0.238. The maximum atomic E-state index is 12.1. The van der Waals surface area contributed by atoms with E-state index in [-0.39, 0.29) is 18.4 Å². The van der Waals surface area contributed by atoms with E-state index >= 15 is 0 Å². The molecule has 140 valence electrons. The number of rotatable bonds is 3. The van der Waals surface area contributed by atoms with Crippen LogP contribution in [0.4, 0.5) is 10.7 Å². The first-order valence-corrected chi connectivity index (χ1v) is 9.32. The number of imidazole rings is 1. The second-order valence-corrected chi connectivity index (χ2v) is 7.03. The zero-order valence-corrected chi connectivity index (χ0v) is 15.1. The average molecular weight is 374 g/mol. The Morgan fingerprint density at radius 2 is 1.96 bits per heavy atom. The van der Waals surface area contributed by atoms with Crippen molar-refractivity contribution in [2.75, 3.05) is 11.9 Å². The maximum Gasteiger partial charge on any atom is 0.414 e. The Hall–Kier alpha value is -3.48. The van der Waals surface area contributed by atoms with E-state index in [0.717, 1.165) is 47.1 Å². The van der Waals surface area contributed by atoms with E-state index in [9.17, 15) is 9.59 Å². The molecule has 2 N–H and O–H groups in total. The molecule has 1 amide bonds. The molecule has 7 nitrogen and oxygen atoms in total. The molecule has 1 aromatic heterocycles. The Kier molecular flexibility index (Phi) is 3.93. The number of carbonyl (C=O) groups is 2. The molecule has 2 aromatic carbocycles. The van der Waals surface area contributed by atoms with E-state index in [4.69, 9.17) is 4.74 Å². The summed E-state index contributed by atoms with van der Waals surface area (Å²) in [6, 6.07) is 13.2. The lowest BCUT2D eigenvalue weighted by atomic mass is 9.92. The molecule has 7 heteroatoms. The van der Waals surface area contributed by atoms with E-state index in [1.165, 1.54) is 0 Å². The van der Waals surface area contributed by atoms with Gasteiger partial charge in [-0.25, -0.2) is 9.78 Å². The lowest BCUT2D eigenvalue weighted by Gasteiger charge is -2.24. The van der Waals surface area contributed by atoms with Gasteiger partial charge in [-0.15, -0.1) is 0 Å². The van der Waals surface area contributed by atoms with Crippen LogP contribution in [0.1, 0.15) is 40.7 Å². The molecule has 0 radical (unpaired) electrons. The van der Waals surface area contributed by atoms with Gasteiger partial charge in [-0.3, -0.25) is 15.1 Å². The molecule has 28 heavy (non-hydrogen) atoms. The molecule has 0 unspecified atom stereocenters. The summed E-state index contributed by atoms with van der Waals surface area (Å²) in [5.41, 5.74) is 4.70. The number of amides is 1. The number of benzene rings is 2. The quantitative estimate of drug-likeness (QED) is 0.731. The van der Waals surface area contributed by atoms with Crippen LogP contribution >= 0.6 is 0 Å². The normalized spacial score (nSPS) is 16.3. The van der Waals surface area contributed by atoms with Crippen molar-refractivity contribution in [2.45, 2.75) is 25.4 Å². The Morgan fingerprint density at radius 3 is 2.75 bits per heavy atom. The van der Waals surface area contributed by atoms with Crippen LogP contribution in [-0.2, 0) is 4.74 Å². The summed E-state index contributed by atoms with van der Waals surface area (Å²) in [6.45, 7) is 0.146. The predicted molar refractivity (Wildman–Crippen MR) is 105 cm³/mol. The Labute approximate surface area is 160 Å². The first-order valence-electron chi connectivity index (χ1n) is 9.32. The monoisotopic (exact) mass is 374 g/mol. The number of ketones is 1. The van der Waals surface area contributed by atoms with Crippen LogP contribution in [0.3, 0.4) is 0 Å². The van der Waals surface area contributed by atoms with Crippen LogP contribution in [0.5, 0.6) is 0 Å². The van der Waals surface area contributed by atoms with Gasteiger partial charge in [0.1, 0.15) is 12.6 Å². The van der Waals surface area contributed by atoms with Gasteiger partial charge < -0.3 is 9.72 Å². The van der Waals surface area contributed by atoms with E-state index in [0.29, 0.717) is 11.5 Å². The van der Waals surface area contributed by atoms with Gasteiger partial charge in [-0.2, -0.15) is 0 Å². The van der Waals surface area contributed by atoms with Crippen molar-refractivity contribution >= 4 is 34.6 Å². The molecule has 0 saturated heterocycles. The average Bonchev–Trinajstić information content (AvgIpc) is 3.06. The Balaban J connectivity index is 1.42. The summed E-state index contributed by atoms with van der Waals surface area (Å²) in [5, 5.41) is 2.65. The number of aromatic amines is 1. The van der Waals surface area contributed by atoms with Crippen LogP contribution in [-0.4, -0.2) is 40.2 Å². The van der Waals surface area contributed by atoms with E-state index in [1.807, 2.05) is 42.5 Å². The molecule has 1 saturated carbocycles. The van der Waals surface area contributed by atoms with Crippen LogP contribution in [0.15, 0.2) is 47.5 Å². The fourth-order valence-electron chi connectivity index (χ4n) is 3.48. The summed E-state index contributed by atoms with van der Waals surface area (Å²) >= 11 is 0. The first kappa shape index (κ1) is 16.7. The number of aliphatic imine (C=N–C) groups is 1. The van der Waals surface area contributed by atoms with Crippen molar-refractivity contribution < 1.29 is 14.3 Å². The molecule has 0 atom stereocenters. The van der Waals surface area contributed by atoms with Gasteiger partial charge in [0.25, 0.3) is 0 Å². The van der Waals surface area contributed by atoms with Gasteiger partial charge in [0, 0.05) is 16.7 Å². The largest absolute Gasteiger partial charge is 0.446 e. The van der Waals surface area contributed by atoms with Crippen molar-refractivity contribution in [3.05, 3.63) is 59.2 Å². The number of hydrogen-bond donors (Lipinski definition) is 2. The van der Waals surface area contributed by atoms with Gasteiger partial charge in [0.2, 0.25) is 5.95 Å². The summed E-state index contributed by atoms with van der Waals surface area (Å²) in [7, 11) is 0. The van der Waals surface area contributed by atoms with E-state index in [2.05, 4.69) is 20.3 Å². The van der Waals surface area contributed by atoms with Crippen molar-refractivity contribution in [1.29, 1.82) is 0 Å². The number of ether oxygens (including phenoxy) is 1. The number of hydrogen-bond acceptors (Lipinski definition) is 5. The number of anilines is 1. The number of nitrogens with one attached hydrogen (secondary N) is 2. The summed E-state index contributed by atoms with van der Waals surface area (Å²) in [5.74, 6) is 0.371. The Bertz CT molecular complexity index is 1130. The van der Waals surface area contributed by atoms with Crippen molar-refractivity contribution in [2.24, 2.45) is 4.99 Å². The maximum absolute atomic E-state index is 12.1. The number of carbonyl (C=O) groups excluding carboxylic acids is 2. The van der Waals surface area contributed by atoms with E-state index < -0.39 is 6.09 Å². The third kappa shape index (κ3) is 2.94. The molecule has 2 heterocycles. The van der Waals surface area contributed by atoms with Gasteiger partial charge in [0.15, 0.2) is 5.78 Å². The second kappa shape index (κ2) is 6.60. The molecule has 5 rings (SSSR count). The van der Waals surface area contributed by atoms with Gasteiger partial charge in [-0.05, 0) is 31.4 Å². The zero-order valence-electron chi connectivity index (χ0n) is 15.1. The fourth-order valence-corrected chi connectivity index (χ4v) is 3.48. The summed E-state index contributed by atoms with van der Waals surface area (Å²) < 4.78 is 5.29. The standard InChI is InChI=1S/C21H18N4O3/c26-18-11-22-19(15-7-2-1-6-14(15)18)12-8-9-16-17(10-12)24-20(23-16)25-21(27)28-13-4-3-5-13/h1-2,6-10,13H,3-5,11H2,(H2,23,24,25,27). The first-order chi connectivity index (χ1) is 13.7. The molecule has 1 aliphatic carbocycles. The lowest BCUT2D eigenvalue weighted by Crippen LogP contribution is -2.28. The highest BCUT2D eigenvalue weighted by Crippen LogP contribution is 2.24. The smallest absolute Gasteiger partial charge is 0.414 e. The minimum atomic E-state index is -0.493. The molecule has 1 aliphatic heterocycles. The van der Waals surface area contributed by atoms with Crippen molar-refractivity contribution in [3.63, 3.8) is 0 Å². The highest BCUT2D eigenvalue weighted by molar-refractivity contribution is 6.22. The molecule has 0 spiro atoms. The topological polar surface area (TPSA) is 96.4 Å². The van der Waals surface area contributed by atoms with Gasteiger partial charge in [0.05, 0.1) is 16.7 Å². The minimum absolute atomic E-state index is 0.0167. The lowest BCUT2D eigenvalue weighted by molar-refractivity contribution is 0.0623. The number of Topliss-reactive ketones (excluding diaryl/α,β-unsaturated/α-hetero) is 1. The number of nitrogens with zero attached hydrogens (tertiary/aromatic N) is 2. The van der Waals surface area contributed by atoms with E-state index in [1.54, 1.807) is 0 Å².